The lowest BCUT2D eigenvalue weighted by Gasteiger charge is -2.33. The van der Waals surface area contributed by atoms with E-state index in [9.17, 15) is 9.59 Å². The molecule has 2 heterocycles. The van der Waals surface area contributed by atoms with Crippen LogP contribution in [0, 0.1) is 5.92 Å². The molecule has 2 aliphatic rings. The number of hydrogen-bond acceptors (Lipinski definition) is 3. The molecule has 0 unspecified atom stereocenters. The van der Waals surface area contributed by atoms with E-state index in [2.05, 4.69) is 4.90 Å². The van der Waals surface area contributed by atoms with Gasteiger partial charge in [-0.3, -0.25) is 9.59 Å². The Morgan fingerprint density at radius 3 is 2.15 bits per heavy atom. The molecule has 0 aromatic heterocycles. The van der Waals surface area contributed by atoms with Crippen molar-refractivity contribution in [3.8, 4) is 5.75 Å². The molecule has 2 amide bonds. The van der Waals surface area contributed by atoms with Crippen molar-refractivity contribution in [3.05, 3.63) is 71.8 Å². The normalized spacial score (nSPS) is 17.7. The summed E-state index contributed by atoms with van der Waals surface area (Å²) in [5.74, 6) is 1.19. The van der Waals surface area contributed by atoms with Gasteiger partial charge in [0.15, 0.2) is 0 Å². The third-order valence-corrected chi connectivity index (χ3v) is 6.62. The van der Waals surface area contributed by atoms with Crippen molar-refractivity contribution in [3.63, 3.8) is 0 Å². The molecule has 5 heteroatoms. The summed E-state index contributed by atoms with van der Waals surface area (Å²) < 4.78 is 5.82. The van der Waals surface area contributed by atoms with Crippen LogP contribution in [0.25, 0.3) is 6.08 Å². The van der Waals surface area contributed by atoms with Crippen LogP contribution in [-0.2, 0) is 16.2 Å². The van der Waals surface area contributed by atoms with E-state index in [1.807, 2.05) is 65.6 Å². The highest BCUT2D eigenvalue weighted by Crippen LogP contribution is 2.22. The Balaban J connectivity index is 1.22. The minimum atomic E-state index is 0.0140. The van der Waals surface area contributed by atoms with Crippen molar-refractivity contribution in [2.45, 2.75) is 45.1 Å². The lowest BCUT2D eigenvalue weighted by atomic mass is 9.95. The standard InChI is InChI=1S/C28H34N2O3/c31-27(29-20-16-25(17-21-29)28(32)30-18-6-1-2-7-19-30)15-12-23-10-13-26(14-11-23)33-22-24-8-4-3-5-9-24/h3-5,8-15,25H,1-2,6-7,16-22H2. The lowest BCUT2D eigenvalue weighted by Crippen LogP contribution is -2.44. The third kappa shape index (κ3) is 6.70. The molecule has 0 radical (unpaired) electrons. The van der Waals surface area contributed by atoms with Crippen LogP contribution in [0.1, 0.15) is 49.7 Å². The molecular formula is C28H34N2O3. The first kappa shape index (κ1) is 23.1. The molecule has 0 aliphatic carbocycles. The van der Waals surface area contributed by atoms with Crippen molar-refractivity contribution < 1.29 is 14.3 Å². The number of carbonyl (C=O) groups is 2. The number of rotatable bonds is 6. The zero-order chi connectivity index (χ0) is 22.9. The van der Waals surface area contributed by atoms with Crippen molar-refractivity contribution >= 4 is 17.9 Å². The van der Waals surface area contributed by atoms with Gasteiger partial charge in [-0.15, -0.1) is 0 Å². The van der Waals surface area contributed by atoms with Gasteiger partial charge in [-0.2, -0.15) is 0 Å². The highest BCUT2D eigenvalue weighted by atomic mass is 16.5. The summed E-state index contributed by atoms with van der Waals surface area (Å²) in [6, 6.07) is 17.8. The zero-order valence-corrected chi connectivity index (χ0v) is 19.3. The van der Waals surface area contributed by atoms with Gasteiger partial charge >= 0.3 is 0 Å². The average molecular weight is 447 g/mol. The minimum Gasteiger partial charge on any atom is -0.489 e. The SMILES string of the molecule is O=C(C=Cc1ccc(OCc2ccccc2)cc1)N1CCC(C(=O)N2CCCCCC2)CC1. The van der Waals surface area contributed by atoms with Crippen LogP contribution in [0.15, 0.2) is 60.7 Å². The van der Waals surface area contributed by atoms with Gasteiger partial charge in [0, 0.05) is 38.2 Å². The van der Waals surface area contributed by atoms with Gasteiger partial charge in [-0.05, 0) is 55.0 Å². The number of benzene rings is 2. The Hall–Kier alpha value is -3.08. The van der Waals surface area contributed by atoms with Crippen molar-refractivity contribution in [2.24, 2.45) is 5.92 Å². The number of likely N-dealkylation sites (tertiary alicyclic amines) is 2. The second kappa shape index (κ2) is 11.7. The van der Waals surface area contributed by atoms with Crippen LogP contribution in [0.5, 0.6) is 5.75 Å². The fourth-order valence-corrected chi connectivity index (χ4v) is 4.59. The molecule has 5 nitrogen and oxygen atoms in total. The van der Waals surface area contributed by atoms with Gasteiger partial charge in [0.2, 0.25) is 11.8 Å². The van der Waals surface area contributed by atoms with E-state index in [0.717, 1.165) is 55.6 Å². The number of hydrogen-bond donors (Lipinski definition) is 0. The van der Waals surface area contributed by atoms with E-state index in [4.69, 9.17) is 4.74 Å². The Morgan fingerprint density at radius 2 is 1.48 bits per heavy atom. The molecule has 0 bridgehead atoms. The number of nitrogens with zero attached hydrogens (tertiary/aromatic N) is 2. The summed E-state index contributed by atoms with van der Waals surface area (Å²) in [5.41, 5.74) is 2.09. The third-order valence-electron chi connectivity index (χ3n) is 6.62. The molecule has 2 fully saturated rings. The summed E-state index contributed by atoms with van der Waals surface area (Å²) in [5, 5.41) is 0. The number of amides is 2. The first-order valence-corrected chi connectivity index (χ1v) is 12.2. The molecule has 2 aromatic rings. The number of carbonyl (C=O) groups excluding carboxylic acids is 2. The van der Waals surface area contributed by atoms with E-state index in [-0.39, 0.29) is 11.8 Å². The van der Waals surface area contributed by atoms with Gasteiger partial charge in [0.25, 0.3) is 0 Å². The Labute approximate surface area is 197 Å². The number of piperidine rings is 1. The largest absolute Gasteiger partial charge is 0.489 e. The van der Waals surface area contributed by atoms with E-state index < -0.39 is 0 Å². The molecule has 0 N–H and O–H groups in total. The molecule has 2 saturated heterocycles. The summed E-state index contributed by atoms with van der Waals surface area (Å²) >= 11 is 0. The fraction of sp³-hybridized carbons (Fsp3) is 0.429. The Kier molecular flexibility index (Phi) is 8.18. The first-order valence-electron chi connectivity index (χ1n) is 12.2. The molecular weight excluding hydrogens is 412 g/mol. The average Bonchev–Trinajstić information content (AvgIpc) is 3.17. The molecule has 2 aromatic carbocycles. The van der Waals surface area contributed by atoms with Crippen LogP contribution in [0.4, 0.5) is 0 Å². The molecule has 2 aliphatic heterocycles. The molecule has 0 atom stereocenters. The van der Waals surface area contributed by atoms with Crippen LogP contribution in [-0.4, -0.2) is 47.8 Å². The Morgan fingerprint density at radius 1 is 0.818 bits per heavy atom. The second-order valence-electron chi connectivity index (χ2n) is 9.02. The maximum Gasteiger partial charge on any atom is 0.246 e. The molecule has 33 heavy (non-hydrogen) atoms. The maximum atomic E-state index is 12.8. The topological polar surface area (TPSA) is 49.9 Å². The van der Waals surface area contributed by atoms with Gasteiger partial charge in [0.1, 0.15) is 12.4 Å². The highest BCUT2D eigenvalue weighted by Gasteiger charge is 2.29. The van der Waals surface area contributed by atoms with Gasteiger partial charge in [-0.1, -0.05) is 55.3 Å². The minimum absolute atomic E-state index is 0.0140. The quantitative estimate of drug-likeness (QED) is 0.592. The zero-order valence-electron chi connectivity index (χ0n) is 19.3. The van der Waals surface area contributed by atoms with E-state index in [1.165, 1.54) is 12.8 Å². The molecule has 0 spiro atoms. The first-order chi connectivity index (χ1) is 16.2. The summed E-state index contributed by atoms with van der Waals surface area (Å²) in [4.78, 5) is 29.4. The number of ether oxygens (including phenoxy) is 1. The van der Waals surface area contributed by atoms with Crippen molar-refractivity contribution in [1.82, 2.24) is 9.80 Å². The fourth-order valence-electron chi connectivity index (χ4n) is 4.59. The summed E-state index contributed by atoms with van der Waals surface area (Å²) in [7, 11) is 0. The smallest absolute Gasteiger partial charge is 0.246 e. The van der Waals surface area contributed by atoms with Gasteiger partial charge in [-0.25, -0.2) is 0 Å². The molecule has 0 saturated carbocycles. The van der Waals surface area contributed by atoms with Gasteiger partial charge < -0.3 is 14.5 Å². The summed E-state index contributed by atoms with van der Waals surface area (Å²) in [6.07, 6.45) is 9.71. The predicted octanol–water partition coefficient (Wildman–Crippen LogP) is 4.92. The second-order valence-corrected chi connectivity index (χ2v) is 9.02. The predicted molar refractivity (Wildman–Crippen MR) is 131 cm³/mol. The van der Waals surface area contributed by atoms with E-state index >= 15 is 0 Å². The monoisotopic (exact) mass is 446 g/mol. The van der Waals surface area contributed by atoms with E-state index in [1.54, 1.807) is 6.08 Å². The highest BCUT2D eigenvalue weighted by molar-refractivity contribution is 5.92. The Bertz CT molecular complexity index is 923. The van der Waals surface area contributed by atoms with Crippen LogP contribution < -0.4 is 4.74 Å². The van der Waals surface area contributed by atoms with Crippen molar-refractivity contribution in [1.29, 1.82) is 0 Å². The van der Waals surface area contributed by atoms with Gasteiger partial charge in [0.05, 0.1) is 0 Å². The van der Waals surface area contributed by atoms with Crippen LogP contribution >= 0.6 is 0 Å². The lowest BCUT2D eigenvalue weighted by molar-refractivity contribution is -0.139. The van der Waals surface area contributed by atoms with Crippen molar-refractivity contribution in [2.75, 3.05) is 26.2 Å². The van der Waals surface area contributed by atoms with Crippen LogP contribution in [0.2, 0.25) is 0 Å². The summed E-state index contributed by atoms with van der Waals surface area (Å²) in [6.45, 7) is 3.64. The maximum absolute atomic E-state index is 12.8. The molecule has 174 valence electrons. The molecule has 4 rings (SSSR count). The van der Waals surface area contributed by atoms with Crippen LogP contribution in [0.3, 0.4) is 0 Å². The van der Waals surface area contributed by atoms with E-state index in [0.29, 0.717) is 25.6 Å².